The average molecular weight is 231 g/mol. The van der Waals surface area contributed by atoms with Crippen molar-refractivity contribution < 1.29 is 14.3 Å². The van der Waals surface area contributed by atoms with Gasteiger partial charge in [-0.3, -0.25) is 4.79 Å². The van der Waals surface area contributed by atoms with Gasteiger partial charge in [0.1, 0.15) is 6.04 Å². The zero-order valence-corrected chi connectivity index (χ0v) is 10.9. The standard InChI is InChI=1S/C12H25NO3/c1-5-6-7-11(12(14)16-4)13-10(2)8-9-15-3/h10-11,13H,5-9H2,1-4H3. The molecule has 0 saturated carbocycles. The Morgan fingerprint density at radius 1 is 1.31 bits per heavy atom. The summed E-state index contributed by atoms with van der Waals surface area (Å²) in [7, 11) is 3.12. The van der Waals surface area contributed by atoms with Gasteiger partial charge in [-0.25, -0.2) is 0 Å². The predicted octanol–water partition coefficient (Wildman–Crippen LogP) is 1.73. The van der Waals surface area contributed by atoms with E-state index in [0.717, 1.165) is 25.7 Å². The molecule has 2 atom stereocenters. The Labute approximate surface area is 98.7 Å². The van der Waals surface area contributed by atoms with Gasteiger partial charge < -0.3 is 14.8 Å². The molecule has 96 valence electrons. The topological polar surface area (TPSA) is 47.6 Å². The summed E-state index contributed by atoms with van der Waals surface area (Å²) in [6.07, 6.45) is 3.85. The van der Waals surface area contributed by atoms with Crippen molar-refractivity contribution in [2.75, 3.05) is 20.8 Å². The third-order valence-corrected chi connectivity index (χ3v) is 2.57. The number of carbonyl (C=O) groups is 1. The Bertz CT molecular complexity index is 185. The van der Waals surface area contributed by atoms with Crippen molar-refractivity contribution in [2.45, 2.75) is 51.6 Å². The molecule has 0 aliphatic rings. The summed E-state index contributed by atoms with van der Waals surface area (Å²) in [4.78, 5) is 11.5. The maximum Gasteiger partial charge on any atom is 0.322 e. The van der Waals surface area contributed by atoms with Crippen molar-refractivity contribution in [3.63, 3.8) is 0 Å². The summed E-state index contributed by atoms with van der Waals surface area (Å²) >= 11 is 0. The highest BCUT2D eigenvalue weighted by Crippen LogP contribution is 2.05. The van der Waals surface area contributed by atoms with Crippen LogP contribution in [0, 0.1) is 0 Å². The van der Waals surface area contributed by atoms with Gasteiger partial charge in [-0.15, -0.1) is 0 Å². The predicted molar refractivity (Wildman–Crippen MR) is 64.4 cm³/mol. The van der Waals surface area contributed by atoms with Gasteiger partial charge in [0.05, 0.1) is 7.11 Å². The van der Waals surface area contributed by atoms with E-state index in [4.69, 9.17) is 9.47 Å². The summed E-state index contributed by atoms with van der Waals surface area (Å²) in [5.41, 5.74) is 0. The molecule has 0 bridgehead atoms. The third kappa shape index (κ3) is 6.80. The first-order valence-corrected chi connectivity index (χ1v) is 5.98. The van der Waals surface area contributed by atoms with Crippen LogP contribution in [0.15, 0.2) is 0 Å². The zero-order valence-electron chi connectivity index (χ0n) is 10.9. The summed E-state index contributed by atoms with van der Waals surface area (Å²) in [6.45, 7) is 4.87. The quantitative estimate of drug-likeness (QED) is 0.614. The van der Waals surface area contributed by atoms with Gasteiger partial charge in [0, 0.05) is 19.8 Å². The van der Waals surface area contributed by atoms with E-state index in [0.29, 0.717) is 6.61 Å². The van der Waals surface area contributed by atoms with Crippen molar-refractivity contribution in [2.24, 2.45) is 0 Å². The van der Waals surface area contributed by atoms with Crippen LogP contribution >= 0.6 is 0 Å². The molecule has 0 aliphatic carbocycles. The SMILES string of the molecule is CCCCC(NC(C)CCOC)C(=O)OC. The Morgan fingerprint density at radius 3 is 2.50 bits per heavy atom. The van der Waals surface area contributed by atoms with Crippen LogP contribution in [0.4, 0.5) is 0 Å². The smallest absolute Gasteiger partial charge is 0.322 e. The van der Waals surface area contributed by atoms with Gasteiger partial charge >= 0.3 is 5.97 Å². The Kier molecular flexibility index (Phi) is 9.24. The number of unbranched alkanes of at least 4 members (excludes halogenated alkanes) is 1. The number of ether oxygens (including phenoxy) is 2. The molecule has 0 saturated heterocycles. The monoisotopic (exact) mass is 231 g/mol. The molecule has 0 aromatic carbocycles. The molecule has 2 unspecified atom stereocenters. The van der Waals surface area contributed by atoms with E-state index in [2.05, 4.69) is 19.2 Å². The third-order valence-electron chi connectivity index (χ3n) is 2.57. The van der Waals surface area contributed by atoms with E-state index in [-0.39, 0.29) is 18.1 Å². The second-order valence-electron chi connectivity index (χ2n) is 4.07. The van der Waals surface area contributed by atoms with Crippen molar-refractivity contribution in [1.82, 2.24) is 5.32 Å². The van der Waals surface area contributed by atoms with E-state index < -0.39 is 0 Å². The van der Waals surface area contributed by atoms with Crippen molar-refractivity contribution in [3.8, 4) is 0 Å². The summed E-state index contributed by atoms with van der Waals surface area (Å²) in [6, 6.07) is 0.0812. The molecule has 0 heterocycles. The van der Waals surface area contributed by atoms with Crippen LogP contribution in [-0.4, -0.2) is 38.9 Å². The molecular weight excluding hydrogens is 206 g/mol. The molecule has 0 spiro atoms. The molecule has 4 heteroatoms. The largest absolute Gasteiger partial charge is 0.468 e. The number of methoxy groups -OCH3 is 2. The number of rotatable bonds is 9. The molecule has 1 N–H and O–H groups in total. The molecule has 0 amide bonds. The molecule has 16 heavy (non-hydrogen) atoms. The van der Waals surface area contributed by atoms with Crippen LogP contribution < -0.4 is 5.32 Å². The van der Waals surface area contributed by atoms with Crippen LogP contribution in [-0.2, 0) is 14.3 Å². The first-order chi connectivity index (χ1) is 7.65. The van der Waals surface area contributed by atoms with Crippen molar-refractivity contribution >= 4 is 5.97 Å². The number of carbonyl (C=O) groups excluding carboxylic acids is 1. The lowest BCUT2D eigenvalue weighted by molar-refractivity contribution is -0.143. The Morgan fingerprint density at radius 2 is 2.00 bits per heavy atom. The molecular formula is C12H25NO3. The van der Waals surface area contributed by atoms with Crippen LogP contribution in [0.1, 0.15) is 39.5 Å². The molecule has 4 nitrogen and oxygen atoms in total. The number of hydrogen-bond donors (Lipinski definition) is 1. The lowest BCUT2D eigenvalue weighted by atomic mass is 10.1. The lowest BCUT2D eigenvalue weighted by Crippen LogP contribution is -2.43. The molecule has 0 fully saturated rings. The fraction of sp³-hybridized carbons (Fsp3) is 0.917. The summed E-state index contributed by atoms with van der Waals surface area (Å²) in [5, 5.41) is 3.28. The molecule has 0 aromatic rings. The first-order valence-electron chi connectivity index (χ1n) is 5.98. The fourth-order valence-electron chi connectivity index (χ4n) is 1.54. The zero-order chi connectivity index (χ0) is 12.4. The van der Waals surface area contributed by atoms with Crippen LogP contribution in [0.2, 0.25) is 0 Å². The molecule has 0 rings (SSSR count). The number of hydrogen-bond acceptors (Lipinski definition) is 4. The second-order valence-corrected chi connectivity index (χ2v) is 4.07. The average Bonchev–Trinajstić information content (AvgIpc) is 2.30. The summed E-state index contributed by atoms with van der Waals surface area (Å²) in [5.74, 6) is -0.169. The van der Waals surface area contributed by atoms with Gasteiger partial charge in [-0.2, -0.15) is 0 Å². The minimum absolute atomic E-state index is 0.169. The summed E-state index contributed by atoms with van der Waals surface area (Å²) < 4.78 is 9.79. The minimum atomic E-state index is -0.184. The van der Waals surface area contributed by atoms with Crippen LogP contribution in [0.5, 0.6) is 0 Å². The highest BCUT2D eigenvalue weighted by Gasteiger charge is 2.19. The molecule has 0 aromatic heterocycles. The van der Waals surface area contributed by atoms with E-state index >= 15 is 0 Å². The second kappa shape index (κ2) is 9.60. The van der Waals surface area contributed by atoms with E-state index in [1.807, 2.05) is 0 Å². The lowest BCUT2D eigenvalue weighted by Gasteiger charge is -2.21. The van der Waals surface area contributed by atoms with Gasteiger partial charge in [0.2, 0.25) is 0 Å². The number of nitrogens with one attached hydrogen (secondary N) is 1. The highest BCUT2D eigenvalue weighted by atomic mass is 16.5. The normalized spacial score (nSPS) is 14.5. The fourth-order valence-corrected chi connectivity index (χ4v) is 1.54. The van der Waals surface area contributed by atoms with Gasteiger partial charge in [0.25, 0.3) is 0 Å². The minimum Gasteiger partial charge on any atom is -0.468 e. The number of esters is 1. The van der Waals surface area contributed by atoms with Gasteiger partial charge in [-0.05, 0) is 19.8 Å². The Balaban J connectivity index is 4.03. The molecule has 0 aliphatic heterocycles. The van der Waals surface area contributed by atoms with E-state index in [1.165, 1.54) is 7.11 Å². The van der Waals surface area contributed by atoms with Crippen LogP contribution in [0.25, 0.3) is 0 Å². The highest BCUT2D eigenvalue weighted by molar-refractivity contribution is 5.75. The van der Waals surface area contributed by atoms with Crippen LogP contribution in [0.3, 0.4) is 0 Å². The first kappa shape index (κ1) is 15.4. The van der Waals surface area contributed by atoms with E-state index in [9.17, 15) is 4.79 Å². The van der Waals surface area contributed by atoms with E-state index in [1.54, 1.807) is 7.11 Å². The Hall–Kier alpha value is -0.610. The maximum atomic E-state index is 11.5. The van der Waals surface area contributed by atoms with Gasteiger partial charge in [0.15, 0.2) is 0 Å². The van der Waals surface area contributed by atoms with Crippen molar-refractivity contribution in [1.29, 1.82) is 0 Å². The maximum absolute atomic E-state index is 11.5. The van der Waals surface area contributed by atoms with Crippen molar-refractivity contribution in [3.05, 3.63) is 0 Å². The molecule has 0 radical (unpaired) electrons. The van der Waals surface area contributed by atoms with Gasteiger partial charge in [-0.1, -0.05) is 19.8 Å².